The molecule has 0 bridgehead atoms. The number of benzene rings is 1. The van der Waals surface area contributed by atoms with Crippen LogP contribution in [0.25, 0.3) is 0 Å². The molecule has 0 aromatic heterocycles. The summed E-state index contributed by atoms with van der Waals surface area (Å²) in [6, 6.07) is 5.68. The lowest BCUT2D eigenvalue weighted by molar-refractivity contribution is -0.384. The standard InChI is InChI=1S/C17H25N3O3/c1-5-6-9-19-16(12(2)3)11-23-17(19)18-15-8-7-14(20(21)22)10-13(15)4/h7-8,10,12,16H,5-6,9,11H2,1-4H3. The Morgan fingerprint density at radius 1 is 1.48 bits per heavy atom. The predicted molar refractivity (Wildman–Crippen MR) is 91.1 cm³/mol. The van der Waals surface area contributed by atoms with Gasteiger partial charge in [-0.2, -0.15) is 4.99 Å². The van der Waals surface area contributed by atoms with Gasteiger partial charge in [0.2, 0.25) is 0 Å². The SMILES string of the molecule is CCCCN1C(=Nc2ccc([N+](=O)[O-])cc2C)OCC1C(C)C. The van der Waals surface area contributed by atoms with Crippen molar-refractivity contribution in [2.45, 2.75) is 46.6 Å². The fourth-order valence-electron chi connectivity index (χ4n) is 2.70. The van der Waals surface area contributed by atoms with Gasteiger partial charge in [0.05, 0.1) is 16.7 Å². The van der Waals surface area contributed by atoms with E-state index in [1.165, 1.54) is 6.07 Å². The Balaban J connectivity index is 2.27. The van der Waals surface area contributed by atoms with Crippen molar-refractivity contribution < 1.29 is 9.66 Å². The second-order valence-electron chi connectivity index (χ2n) is 6.29. The first-order valence-electron chi connectivity index (χ1n) is 8.17. The molecular formula is C17H25N3O3. The van der Waals surface area contributed by atoms with E-state index in [9.17, 15) is 10.1 Å². The smallest absolute Gasteiger partial charge is 0.293 e. The molecule has 0 aliphatic carbocycles. The highest BCUT2D eigenvalue weighted by atomic mass is 16.6. The second kappa shape index (κ2) is 7.44. The first-order valence-corrected chi connectivity index (χ1v) is 8.17. The van der Waals surface area contributed by atoms with Gasteiger partial charge in [0.25, 0.3) is 11.7 Å². The molecule has 0 N–H and O–H groups in total. The van der Waals surface area contributed by atoms with Crippen LogP contribution in [0, 0.1) is 23.0 Å². The van der Waals surface area contributed by atoms with Gasteiger partial charge in [0, 0.05) is 18.7 Å². The summed E-state index contributed by atoms with van der Waals surface area (Å²) in [6.45, 7) is 9.94. The molecule has 1 saturated heterocycles. The third kappa shape index (κ3) is 4.00. The lowest BCUT2D eigenvalue weighted by atomic mass is 10.0. The van der Waals surface area contributed by atoms with Crippen LogP contribution in [0.5, 0.6) is 0 Å². The highest BCUT2D eigenvalue weighted by molar-refractivity contribution is 5.80. The van der Waals surface area contributed by atoms with Gasteiger partial charge in [-0.25, -0.2) is 0 Å². The summed E-state index contributed by atoms with van der Waals surface area (Å²) in [7, 11) is 0. The van der Waals surface area contributed by atoms with E-state index < -0.39 is 4.92 Å². The largest absolute Gasteiger partial charge is 0.463 e. The molecule has 1 aromatic carbocycles. The van der Waals surface area contributed by atoms with Gasteiger partial charge in [-0.3, -0.25) is 10.1 Å². The first-order chi connectivity index (χ1) is 10.9. The number of ether oxygens (including phenoxy) is 1. The lowest BCUT2D eigenvalue weighted by Gasteiger charge is -2.26. The van der Waals surface area contributed by atoms with E-state index in [4.69, 9.17) is 4.74 Å². The van der Waals surface area contributed by atoms with Gasteiger partial charge in [-0.15, -0.1) is 0 Å². The molecule has 1 unspecified atom stereocenters. The van der Waals surface area contributed by atoms with Crippen molar-refractivity contribution in [1.29, 1.82) is 0 Å². The summed E-state index contributed by atoms with van der Waals surface area (Å²) in [6.07, 6.45) is 2.20. The van der Waals surface area contributed by atoms with Crippen molar-refractivity contribution in [2.75, 3.05) is 13.2 Å². The summed E-state index contributed by atoms with van der Waals surface area (Å²) < 4.78 is 5.82. The number of unbranched alkanes of at least 4 members (excludes halogenated alkanes) is 1. The minimum absolute atomic E-state index is 0.0849. The average molecular weight is 319 g/mol. The van der Waals surface area contributed by atoms with Crippen molar-refractivity contribution in [3.05, 3.63) is 33.9 Å². The van der Waals surface area contributed by atoms with Gasteiger partial charge in [-0.05, 0) is 30.9 Å². The van der Waals surface area contributed by atoms with Crippen LogP contribution >= 0.6 is 0 Å². The van der Waals surface area contributed by atoms with Gasteiger partial charge in [-0.1, -0.05) is 27.2 Å². The fourth-order valence-corrected chi connectivity index (χ4v) is 2.70. The number of hydrogen-bond acceptors (Lipinski definition) is 4. The number of nitrogens with zero attached hydrogens (tertiary/aromatic N) is 3. The van der Waals surface area contributed by atoms with E-state index >= 15 is 0 Å². The molecule has 1 aromatic rings. The van der Waals surface area contributed by atoms with Crippen LogP contribution in [-0.2, 0) is 4.74 Å². The van der Waals surface area contributed by atoms with E-state index in [-0.39, 0.29) is 5.69 Å². The fraction of sp³-hybridized carbons (Fsp3) is 0.588. The van der Waals surface area contributed by atoms with Crippen molar-refractivity contribution in [2.24, 2.45) is 10.9 Å². The zero-order valence-corrected chi connectivity index (χ0v) is 14.3. The molecule has 1 aliphatic rings. The molecule has 6 nitrogen and oxygen atoms in total. The molecule has 126 valence electrons. The van der Waals surface area contributed by atoms with E-state index in [2.05, 4.69) is 30.7 Å². The molecule has 1 heterocycles. The van der Waals surface area contributed by atoms with Gasteiger partial charge >= 0.3 is 0 Å². The normalized spacial score (nSPS) is 19.4. The Hall–Kier alpha value is -2.11. The van der Waals surface area contributed by atoms with Crippen LogP contribution < -0.4 is 0 Å². The summed E-state index contributed by atoms with van der Waals surface area (Å²) >= 11 is 0. The van der Waals surface area contributed by atoms with E-state index in [0.717, 1.165) is 30.6 Å². The summed E-state index contributed by atoms with van der Waals surface area (Å²) in [5, 5.41) is 10.8. The van der Waals surface area contributed by atoms with Crippen LogP contribution in [-0.4, -0.2) is 35.0 Å². The number of aliphatic imine (C=N–C) groups is 1. The number of aryl methyl sites for hydroxylation is 1. The van der Waals surface area contributed by atoms with Crippen molar-refractivity contribution in [1.82, 2.24) is 4.90 Å². The molecule has 23 heavy (non-hydrogen) atoms. The molecule has 0 spiro atoms. The van der Waals surface area contributed by atoms with Crippen molar-refractivity contribution in [3.63, 3.8) is 0 Å². The topological polar surface area (TPSA) is 68.0 Å². The van der Waals surface area contributed by atoms with Crippen molar-refractivity contribution >= 4 is 17.4 Å². The second-order valence-corrected chi connectivity index (χ2v) is 6.29. The molecule has 6 heteroatoms. The maximum atomic E-state index is 10.8. The molecule has 2 rings (SSSR count). The quantitative estimate of drug-likeness (QED) is 0.586. The summed E-state index contributed by atoms with van der Waals surface area (Å²) in [5.41, 5.74) is 1.58. The number of hydrogen-bond donors (Lipinski definition) is 0. The molecule has 0 saturated carbocycles. The predicted octanol–water partition coefficient (Wildman–Crippen LogP) is 4.05. The Kier molecular flexibility index (Phi) is 5.58. The Morgan fingerprint density at radius 3 is 2.78 bits per heavy atom. The summed E-state index contributed by atoms with van der Waals surface area (Å²) in [4.78, 5) is 17.3. The van der Waals surface area contributed by atoms with Crippen LogP contribution in [0.4, 0.5) is 11.4 Å². The van der Waals surface area contributed by atoms with Gasteiger partial charge in [0.15, 0.2) is 0 Å². The molecule has 1 atom stereocenters. The zero-order valence-electron chi connectivity index (χ0n) is 14.3. The van der Waals surface area contributed by atoms with E-state index in [1.54, 1.807) is 12.1 Å². The Morgan fingerprint density at radius 2 is 2.22 bits per heavy atom. The Bertz CT molecular complexity index is 599. The molecule has 1 aliphatic heterocycles. The number of rotatable bonds is 6. The highest BCUT2D eigenvalue weighted by Gasteiger charge is 2.33. The highest BCUT2D eigenvalue weighted by Crippen LogP contribution is 2.27. The number of nitro benzene ring substituents is 1. The number of non-ortho nitro benzene ring substituents is 1. The third-order valence-corrected chi connectivity index (χ3v) is 4.16. The van der Waals surface area contributed by atoms with Gasteiger partial charge in [0.1, 0.15) is 6.61 Å². The maximum Gasteiger partial charge on any atom is 0.293 e. The van der Waals surface area contributed by atoms with Crippen LogP contribution in [0.15, 0.2) is 23.2 Å². The van der Waals surface area contributed by atoms with Gasteiger partial charge < -0.3 is 9.64 Å². The number of nitro groups is 1. The zero-order chi connectivity index (χ0) is 17.0. The number of amidine groups is 1. The first kappa shape index (κ1) is 17.2. The maximum absolute atomic E-state index is 10.8. The van der Waals surface area contributed by atoms with E-state index in [0.29, 0.717) is 24.6 Å². The molecule has 1 fully saturated rings. The minimum atomic E-state index is -0.391. The van der Waals surface area contributed by atoms with Crippen LogP contribution in [0.2, 0.25) is 0 Å². The molecule has 0 amide bonds. The lowest BCUT2D eigenvalue weighted by Crippen LogP contribution is -2.38. The average Bonchev–Trinajstić information content (AvgIpc) is 2.89. The minimum Gasteiger partial charge on any atom is -0.463 e. The van der Waals surface area contributed by atoms with Crippen LogP contribution in [0.3, 0.4) is 0 Å². The van der Waals surface area contributed by atoms with E-state index in [1.807, 2.05) is 6.92 Å². The Labute approximate surface area is 137 Å². The van der Waals surface area contributed by atoms with Crippen LogP contribution in [0.1, 0.15) is 39.2 Å². The van der Waals surface area contributed by atoms with Crippen molar-refractivity contribution in [3.8, 4) is 0 Å². The molecular weight excluding hydrogens is 294 g/mol. The summed E-state index contributed by atoms with van der Waals surface area (Å²) in [5.74, 6) is 0.484. The monoisotopic (exact) mass is 319 g/mol. The molecule has 0 radical (unpaired) electrons. The third-order valence-electron chi connectivity index (χ3n) is 4.16.